The Kier molecular flexibility index (Phi) is 6.68. The van der Waals surface area contributed by atoms with E-state index in [9.17, 15) is 14.9 Å². The molecule has 6 nitrogen and oxygen atoms in total. The normalized spacial score (nSPS) is 12.0. The van der Waals surface area contributed by atoms with Gasteiger partial charge >= 0.3 is 5.97 Å². The number of nitriles is 1. The van der Waals surface area contributed by atoms with Crippen LogP contribution in [0.2, 0.25) is 0 Å². The number of carbonyl (C=O) groups excluding carboxylic acids is 2. The van der Waals surface area contributed by atoms with Crippen molar-refractivity contribution in [2.24, 2.45) is 0 Å². The van der Waals surface area contributed by atoms with Crippen molar-refractivity contribution >= 4 is 18.0 Å². The summed E-state index contributed by atoms with van der Waals surface area (Å²) in [5, 5.41) is 12.3. The molecule has 0 radical (unpaired) electrons. The van der Waals surface area contributed by atoms with E-state index in [-0.39, 0.29) is 11.6 Å². The Labute approximate surface area is 180 Å². The SMILES string of the molecule is COC(=O)c1ccc(C)c(-c2ccc(/C=C(/C#N)C(=O)N[C@@H](C)c3ccccc3)o2)c1. The summed E-state index contributed by atoms with van der Waals surface area (Å²) in [6.45, 7) is 3.75. The average Bonchev–Trinajstić information content (AvgIpc) is 3.26. The number of esters is 1. The number of ether oxygens (including phenoxy) is 1. The van der Waals surface area contributed by atoms with Crippen molar-refractivity contribution in [2.45, 2.75) is 19.9 Å². The van der Waals surface area contributed by atoms with Gasteiger partial charge in [-0.25, -0.2) is 4.79 Å². The Morgan fingerprint density at radius 1 is 1.13 bits per heavy atom. The number of furan rings is 1. The second-order valence-electron chi connectivity index (χ2n) is 7.00. The summed E-state index contributed by atoms with van der Waals surface area (Å²) < 4.78 is 10.6. The standard InChI is InChI=1S/C25H22N2O4/c1-16-9-10-19(25(29)30-3)14-22(16)23-12-11-21(31-23)13-20(15-26)24(28)27-17(2)18-7-5-4-6-8-18/h4-14,17H,1-3H3,(H,27,28)/b20-13-/t17-/m0/s1. The van der Waals surface area contributed by atoms with Crippen LogP contribution in [0.15, 0.2) is 70.7 Å². The molecular weight excluding hydrogens is 392 g/mol. The molecule has 1 heterocycles. The number of nitrogens with zero attached hydrogens (tertiary/aromatic N) is 1. The van der Waals surface area contributed by atoms with Gasteiger partial charge in [-0.15, -0.1) is 0 Å². The summed E-state index contributed by atoms with van der Waals surface area (Å²) in [5.41, 5.74) is 2.91. The zero-order valence-corrected chi connectivity index (χ0v) is 17.5. The molecule has 2 aromatic carbocycles. The van der Waals surface area contributed by atoms with Gasteiger partial charge in [-0.1, -0.05) is 36.4 Å². The Morgan fingerprint density at radius 2 is 1.87 bits per heavy atom. The van der Waals surface area contributed by atoms with Crippen LogP contribution in [-0.4, -0.2) is 19.0 Å². The Balaban J connectivity index is 1.82. The molecule has 1 atom stereocenters. The number of hydrogen-bond acceptors (Lipinski definition) is 5. The summed E-state index contributed by atoms with van der Waals surface area (Å²) >= 11 is 0. The summed E-state index contributed by atoms with van der Waals surface area (Å²) in [7, 11) is 1.32. The monoisotopic (exact) mass is 414 g/mol. The molecule has 1 N–H and O–H groups in total. The Hall–Kier alpha value is -4.11. The predicted molar refractivity (Wildman–Crippen MR) is 117 cm³/mol. The first-order chi connectivity index (χ1) is 14.9. The van der Waals surface area contributed by atoms with Crippen LogP contribution in [-0.2, 0) is 9.53 Å². The molecule has 0 bridgehead atoms. The molecule has 31 heavy (non-hydrogen) atoms. The van der Waals surface area contributed by atoms with Crippen molar-refractivity contribution in [3.63, 3.8) is 0 Å². The van der Waals surface area contributed by atoms with Crippen molar-refractivity contribution in [1.82, 2.24) is 5.32 Å². The molecule has 1 amide bonds. The highest BCUT2D eigenvalue weighted by molar-refractivity contribution is 6.01. The van der Waals surface area contributed by atoms with Gasteiger partial charge in [0.1, 0.15) is 23.2 Å². The van der Waals surface area contributed by atoms with Crippen molar-refractivity contribution < 1.29 is 18.7 Å². The molecular formula is C25H22N2O4. The van der Waals surface area contributed by atoms with Crippen molar-refractivity contribution in [3.8, 4) is 17.4 Å². The molecule has 0 unspecified atom stereocenters. The molecule has 0 saturated carbocycles. The highest BCUT2D eigenvalue weighted by atomic mass is 16.5. The first kappa shape index (κ1) is 21.6. The van der Waals surface area contributed by atoms with Gasteiger partial charge in [-0.05, 0) is 49.2 Å². The largest absolute Gasteiger partial charge is 0.465 e. The molecule has 3 aromatic rings. The minimum atomic E-state index is -0.485. The van der Waals surface area contributed by atoms with Gasteiger partial charge in [0.15, 0.2) is 0 Å². The average molecular weight is 414 g/mol. The molecule has 156 valence electrons. The first-order valence-electron chi connectivity index (χ1n) is 9.69. The summed E-state index contributed by atoms with van der Waals surface area (Å²) in [6, 6.07) is 19.7. The van der Waals surface area contributed by atoms with Gasteiger partial charge in [0.2, 0.25) is 0 Å². The van der Waals surface area contributed by atoms with Crippen LogP contribution in [0.3, 0.4) is 0 Å². The minimum absolute atomic E-state index is 0.0660. The Morgan fingerprint density at radius 3 is 2.55 bits per heavy atom. The van der Waals surface area contributed by atoms with Crippen molar-refractivity contribution in [2.75, 3.05) is 7.11 Å². The quantitative estimate of drug-likeness (QED) is 0.354. The summed E-state index contributed by atoms with van der Waals surface area (Å²) in [4.78, 5) is 24.4. The maximum atomic E-state index is 12.6. The second kappa shape index (κ2) is 9.59. The number of hydrogen-bond donors (Lipinski definition) is 1. The number of carbonyl (C=O) groups is 2. The van der Waals surface area contributed by atoms with Crippen LogP contribution in [0.4, 0.5) is 0 Å². The molecule has 0 aliphatic carbocycles. The van der Waals surface area contributed by atoms with E-state index in [1.54, 1.807) is 30.3 Å². The number of aryl methyl sites for hydroxylation is 1. The zero-order chi connectivity index (χ0) is 22.4. The molecule has 1 aromatic heterocycles. The third-order valence-electron chi connectivity index (χ3n) is 4.85. The van der Waals surface area contributed by atoms with Crippen LogP contribution < -0.4 is 5.32 Å². The third kappa shape index (κ3) is 5.09. The maximum Gasteiger partial charge on any atom is 0.337 e. The number of nitrogens with one attached hydrogen (secondary N) is 1. The van der Waals surface area contributed by atoms with E-state index in [1.807, 2.05) is 50.2 Å². The lowest BCUT2D eigenvalue weighted by molar-refractivity contribution is -0.117. The minimum Gasteiger partial charge on any atom is -0.465 e. The van der Waals surface area contributed by atoms with Crippen LogP contribution in [0, 0.1) is 18.3 Å². The van der Waals surface area contributed by atoms with Crippen molar-refractivity contribution in [1.29, 1.82) is 5.26 Å². The smallest absolute Gasteiger partial charge is 0.337 e. The van der Waals surface area contributed by atoms with Crippen LogP contribution in [0.5, 0.6) is 0 Å². The Bertz CT molecular complexity index is 1170. The van der Waals surface area contributed by atoms with Gasteiger partial charge in [0, 0.05) is 11.6 Å². The fraction of sp³-hybridized carbons (Fsp3) is 0.160. The topological polar surface area (TPSA) is 92.3 Å². The van der Waals surface area contributed by atoms with E-state index < -0.39 is 11.9 Å². The lowest BCUT2D eigenvalue weighted by atomic mass is 10.0. The summed E-state index contributed by atoms with van der Waals surface area (Å²) in [6.07, 6.45) is 1.40. The van der Waals surface area contributed by atoms with E-state index in [2.05, 4.69) is 5.32 Å². The van der Waals surface area contributed by atoms with Crippen LogP contribution in [0.25, 0.3) is 17.4 Å². The lowest BCUT2D eigenvalue weighted by Crippen LogP contribution is -2.27. The number of rotatable bonds is 6. The van der Waals surface area contributed by atoms with Crippen LogP contribution in [0.1, 0.15) is 40.2 Å². The first-order valence-corrected chi connectivity index (χ1v) is 9.69. The number of amides is 1. The van der Waals surface area contributed by atoms with Gasteiger partial charge in [0.05, 0.1) is 18.7 Å². The van der Waals surface area contributed by atoms with E-state index in [1.165, 1.54) is 13.2 Å². The molecule has 6 heteroatoms. The molecule has 0 fully saturated rings. The predicted octanol–water partition coefficient (Wildman–Crippen LogP) is 4.83. The molecule has 0 aliphatic heterocycles. The van der Waals surface area contributed by atoms with E-state index >= 15 is 0 Å². The van der Waals surface area contributed by atoms with E-state index in [0.717, 1.165) is 16.7 Å². The zero-order valence-electron chi connectivity index (χ0n) is 17.5. The van der Waals surface area contributed by atoms with E-state index in [4.69, 9.17) is 9.15 Å². The third-order valence-corrected chi connectivity index (χ3v) is 4.85. The van der Waals surface area contributed by atoms with Crippen molar-refractivity contribution in [3.05, 3.63) is 88.7 Å². The molecule has 3 rings (SSSR count). The lowest BCUT2D eigenvalue weighted by Gasteiger charge is -2.13. The molecule has 0 aliphatic rings. The summed E-state index contributed by atoms with van der Waals surface area (Å²) in [5.74, 6) is -0.0497. The molecule has 0 saturated heterocycles. The molecule has 0 spiro atoms. The van der Waals surface area contributed by atoms with Gasteiger partial charge in [-0.3, -0.25) is 4.79 Å². The maximum absolute atomic E-state index is 12.6. The second-order valence-corrected chi connectivity index (χ2v) is 7.00. The van der Waals surface area contributed by atoms with Crippen LogP contribution >= 0.6 is 0 Å². The fourth-order valence-electron chi connectivity index (χ4n) is 3.10. The number of methoxy groups -OCH3 is 1. The highest BCUT2D eigenvalue weighted by Gasteiger charge is 2.16. The highest BCUT2D eigenvalue weighted by Crippen LogP contribution is 2.28. The van der Waals surface area contributed by atoms with Gasteiger partial charge in [0.25, 0.3) is 5.91 Å². The fourth-order valence-corrected chi connectivity index (χ4v) is 3.10. The van der Waals surface area contributed by atoms with Gasteiger partial charge < -0.3 is 14.5 Å². The van der Waals surface area contributed by atoms with E-state index in [0.29, 0.717) is 17.1 Å². The van der Waals surface area contributed by atoms with Gasteiger partial charge in [-0.2, -0.15) is 5.26 Å². The number of benzene rings is 2.